The van der Waals surface area contributed by atoms with E-state index in [1.807, 2.05) is 43.5 Å². The second-order valence-electron chi connectivity index (χ2n) is 5.48. The van der Waals surface area contributed by atoms with Crippen LogP contribution >= 0.6 is 23.1 Å². The van der Waals surface area contributed by atoms with Gasteiger partial charge < -0.3 is 10.1 Å². The SMILES string of the molecule is CC[C@H](Sc1cc(C)c2cccc(OC)c2n1)C(=O)Nc1nccs1. The number of amides is 1. The minimum atomic E-state index is -0.233. The number of thiazole rings is 1. The van der Waals surface area contributed by atoms with Crippen molar-refractivity contribution in [3.8, 4) is 5.75 Å². The summed E-state index contributed by atoms with van der Waals surface area (Å²) in [6.45, 7) is 4.04. The van der Waals surface area contributed by atoms with Crippen LogP contribution in [-0.2, 0) is 4.79 Å². The van der Waals surface area contributed by atoms with Crippen molar-refractivity contribution >= 4 is 45.0 Å². The van der Waals surface area contributed by atoms with Gasteiger partial charge in [-0.05, 0) is 31.0 Å². The largest absolute Gasteiger partial charge is 0.494 e. The van der Waals surface area contributed by atoms with E-state index in [0.717, 1.165) is 27.2 Å². The van der Waals surface area contributed by atoms with Crippen molar-refractivity contribution in [2.45, 2.75) is 30.5 Å². The van der Waals surface area contributed by atoms with E-state index in [9.17, 15) is 4.79 Å². The molecule has 0 aliphatic carbocycles. The van der Waals surface area contributed by atoms with E-state index in [1.165, 1.54) is 23.1 Å². The number of ether oxygens (including phenoxy) is 1. The van der Waals surface area contributed by atoms with Crippen molar-refractivity contribution in [1.82, 2.24) is 9.97 Å². The van der Waals surface area contributed by atoms with Gasteiger partial charge in [0.05, 0.1) is 17.4 Å². The number of para-hydroxylation sites is 1. The Morgan fingerprint density at radius 2 is 2.28 bits per heavy atom. The highest BCUT2D eigenvalue weighted by Crippen LogP contribution is 2.32. The van der Waals surface area contributed by atoms with Crippen LogP contribution in [0.25, 0.3) is 10.9 Å². The number of anilines is 1. The predicted octanol–water partition coefficient (Wildman–Crippen LogP) is 4.52. The van der Waals surface area contributed by atoms with E-state index in [4.69, 9.17) is 9.72 Å². The smallest absolute Gasteiger partial charge is 0.239 e. The molecule has 0 aliphatic heterocycles. The van der Waals surface area contributed by atoms with Crippen molar-refractivity contribution in [3.63, 3.8) is 0 Å². The molecule has 5 nitrogen and oxygen atoms in total. The molecule has 3 aromatic rings. The van der Waals surface area contributed by atoms with E-state index < -0.39 is 0 Å². The first-order valence-corrected chi connectivity index (χ1v) is 9.69. The Morgan fingerprint density at radius 1 is 1.44 bits per heavy atom. The number of hydrogen-bond acceptors (Lipinski definition) is 6. The Labute approximate surface area is 154 Å². The number of thioether (sulfide) groups is 1. The summed E-state index contributed by atoms with van der Waals surface area (Å²) in [7, 11) is 1.64. The summed E-state index contributed by atoms with van der Waals surface area (Å²) >= 11 is 2.88. The fourth-order valence-electron chi connectivity index (χ4n) is 2.53. The molecule has 0 bridgehead atoms. The highest BCUT2D eigenvalue weighted by atomic mass is 32.2. The zero-order valence-corrected chi connectivity index (χ0v) is 15.9. The highest BCUT2D eigenvalue weighted by molar-refractivity contribution is 8.00. The van der Waals surface area contributed by atoms with Crippen LogP contribution in [0.5, 0.6) is 5.75 Å². The molecule has 7 heteroatoms. The van der Waals surface area contributed by atoms with Gasteiger partial charge in [0.1, 0.15) is 11.3 Å². The standard InChI is InChI=1S/C18H19N3O2S2/c1-4-14(17(22)21-18-19-8-9-24-18)25-15-10-11(2)12-6-5-7-13(23-3)16(12)20-15/h5-10,14H,4H2,1-3H3,(H,19,21,22)/t14-/m0/s1. The van der Waals surface area contributed by atoms with Crippen LogP contribution in [0.2, 0.25) is 0 Å². The lowest BCUT2D eigenvalue weighted by Gasteiger charge is -2.15. The number of methoxy groups -OCH3 is 1. The van der Waals surface area contributed by atoms with Gasteiger partial charge in [-0.15, -0.1) is 11.3 Å². The van der Waals surface area contributed by atoms with E-state index in [2.05, 4.69) is 10.3 Å². The molecule has 1 aromatic carbocycles. The lowest BCUT2D eigenvalue weighted by atomic mass is 10.1. The normalized spacial score (nSPS) is 12.1. The maximum atomic E-state index is 12.5. The minimum Gasteiger partial charge on any atom is -0.494 e. The first-order chi connectivity index (χ1) is 12.1. The average Bonchev–Trinajstić information content (AvgIpc) is 3.12. The summed E-state index contributed by atoms with van der Waals surface area (Å²) in [6.07, 6.45) is 2.38. The van der Waals surface area contributed by atoms with Crippen molar-refractivity contribution in [1.29, 1.82) is 0 Å². The number of hydrogen-bond donors (Lipinski definition) is 1. The maximum Gasteiger partial charge on any atom is 0.239 e. The first-order valence-electron chi connectivity index (χ1n) is 7.93. The molecule has 0 radical (unpaired) electrons. The molecule has 1 N–H and O–H groups in total. The lowest BCUT2D eigenvalue weighted by molar-refractivity contribution is -0.115. The number of carbonyl (C=O) groups is 1. The highest BCUT2D eigenvalue weighted by Gasteiger charge is 2.20. The number of aromatic nitrogens is 2. The maximum absolute atomic E-state index is 12.5. The molecule has 0 unspecified atom stereocenters. The fraction of sp³-hybridized carbons (Fsp3) is 0.278. The van der Waals surface area contributed by atoms with E-state index in [0.29, 0.717) is 11.6 Å². The summed E-state index contributed by atoms with van der Waals surface area (Å²) in [5, 5.41) is 6.96. The van der Waals surface area contributed by atoms with E-state index in [1.54, 1.807) is 13.3 Å². The average molecular weight is 374 g/mol. The van der Waals surface area contributed by atoms with Gasteiger partial charge in [0, 0.05) is 17.0 Å². The van der Waals surface area contributed by atoms with Gasteiger partial charge in [-0.2, -0.15) is 0 Å². The Kier molecular flexibility index (Phi) is 5.55. The molecular formula is C18H19N3O2S2. The van der Waals surface area contributed by atoms with Crippen molar-refractivity contribution in [2.75, 3.05) is 12.4 Å². The molecule has 1 amide bonds. The van der Waals surface area contributed by atoms with Crippen LogP contribution in [0.15, 0.2) is 40.9 Å². The Hall–Kier alpha value is -2.12. The first kappa shape index (κ1) is 17.7. The minimum absolute atomic E-state index is 0.0537. The van der Waals surface area contributed by atoms with Gasteiger partial charge in [0.25, 0.3) is 0 Å². The molecule has 0 fully saturated rings. The van der Waals surface area contributed by atoms with Gasteiger partial charge in [-0.1, -0.05) is 30.8 Å². The lowest BCUT2D eigenvalue weighted by Crippen LogP contribution is -2.24. The third-order valence-corrected chi connectivity index (χ3v) is 5.77. The van der Waals surface area contributed by atoms with Gasteiger partial charge in [-0.25, -0.2) is 9.97 Å². The molecule has 0 aliphatic rings. The van der Waals surface area contributed by atoms with Crippen LogP contribution in [0, 0.1) is 6.92 Å². The Bertz CT molecular complexity index is 881. The summed E-state index contributed by atoms with van der Waals surface area (Å²) in [6, 6.07) is 7.90. The predicted molar refractivity (Wildman–Crippen MR) is 104 cm³/mol. The van der Waals surface area contributed by atoms with E-state index in [-0.39, 0.29) is 11.2 Å². The zero-order chi connectivity index (χ0) is 17.8. The van der Waals surface area contributed by atoms with Crippen molar-refractivity contribution in [3.05, 3.63) is 41.4 Å². The third-order valence-electron chi connectivity index (χ3n) is 3.79. The third kappa shape index (κ3) is 3.93. The molecular weight excluding hydrogens is 354 g/mol. The molecule has 0 spiro atoms. The number of benzene rings is 1. The number of nitrogens with zero attached hydrogens (tertiary/aromatic N) is 2. The molecule has 2 heterocycles. The summed E-state index contributed by atoms with van der Waals surface area (Å²) in [4.78, 5) is 21.3. The Balaban J connectivity index is 1.86. The topological polar surface area (TPSA) is 64.1 Å². The number of nitrogens with one attached hydrogen (secondary N) is 1. The van der Waals surface area contributed by atoms with Crippen LogP contribution in [0.4, 0.5) is 5.13 Å². The number of pyridine rings is 1. The van der Waals surface area contributed by atoms with Crippen LogP contribution in [-0.4, -0.2) is 28.2 Å². The fourth-order valence-corrected chi connectivity index (χ4v) is 4.07. The molecule has 0 saturated heterocycles. The monoisotopic (exact) mass is 373 g/mol. The van der Waals surface area contributed by atoms with Crippen molar-refractivity contribution in [2.24, 2.45) is 0 Å². The number of carbonyl (C=O) groups excluding carboxylic acids is 1. The molecule has 25 heavy (non-hydrogen) atoms. The van der Waals surface area contributed by atoms with Gasteiger partial charge in [0.2, 0.25) is 5.91 Å². The summed E-state index contributed by atoms with van der Waals surface area (Å²) in [5.74, 6) is 0.686. The molecule has 3 rings (SSSR count). The van der Waals surface area contributed by atoms with Crippen LogP contribution < -0.4 is 10.1 Å². The second-order valence-corrected chi connectivity index (χ2v) is 7.59. The van der Waals surface area contributed by atoms with Gasteiger partial charge in [0.15, 0.2) is 5.13 Å². The van der Waals surface area contributed by atoms with Gasteiger partial charge >= 0.3 is 0 Å². The molecule has 0 saturated carbocycles. The van der Waals surface area contributed by atoms with Crippen LogP contribution in [0.1, 0.15) is 18.9 Å². The van der Waals surface area contributed by atoms with Crippen LogP contribution in [0.3, 0.4) is 0 Å². The zero-order valence-electron chi connectivity index (χ0n) is 14.3. The molecule has 130 valence electrons. The summed E-state index contributed by atoms with van der Waals surface area (Å²) < 4.78 is 5.43. The number of fused-ring (bicyclic) bond motifs is 1. The van der Waals surface area contributed by atoms with E-state index >= 15 is 0 Å². The van der Waals surface area contributed by atoms with Gasteiger partial charge in [-0.3, -0.25) is 4.79 Å². The number of aryl methyl sites for hydroxylation is 1. The number of rotatable bonds is 6. The second kappa shape index (κ2) is 7.84. The van der Waals surface area contributed by atoms with Crippen molar-refractivity contribution < 1.29 is 9.53 Å². The summed E-state index contributed by atoms with van der Waals surface area (Å²) in [5.41, 5.74) is 1.93. The Morgan fingerprint density at radius 3 is 2.96 bits per heavy atom. The quantitative estimate of drug-likeness (QED) is 0.644. The molecule has 1 atom stereocenters. The molecule has 2 aromatic heterocycles.